The van der Waals surface area contributed by atoms with Crippen molar-refractivity contribution in [3.05, 3.63) is 72.0 Å². The Morgan fingerprint density at radius 2 is 1.43 bits per heavy atom. The van der Waals surface area contributed by atoms with Crippen LogP contribution in [0, 0.1) is 0 Å². The van der Waals surface area contributed by atoms with Gasteiger partial charge in [-0.3, -0.25) is 0 Å². The quantitative estimate of drug-likeness (QED) is 0.676. The minimum absolute atomic E-state index is 0.920. The first-order chi connectivity index (χ1) is 10.3. The predicted octanol–water partition coefficient (Wildman–Crippen LogP) is 5.55. The number of hydrogen-bond donors (Lipinski definition) is 0. The molecule has 2 nitrogen and oxygen atoms in total. The van der Waals surface area contributed by atoms with E-state index in [9.17, 15) is 0 Å². The van der Waals surface area contributed by atoms with E-state index in [0.717, 1.165) is 35.7 Å². The van der Waals surface area contributed by atoms with E-state index in [2.05, 4.69) is 48.2 Å². The molecule has 0 amide bonds. The van der Waals surface area contributed by atoms with Gasteiger partial charge in [0, 0.05) is 5.70 Å². The highest BCUT2D eigenvalue weighted by Crippen LogP contribution is 2.49. The number of hydrogen-bond acceptors (Lipinski definition) is 2. The summed E-state index contributed by atoms with van der Waals surface area (Å²) in [6.45, 7) is 2.19. The second-order valence-electron chi connectivity index (χ2n) is 5.54. The smallest absolute Gasteiger partial charge is 0.151 e. The molecule has 0 saturated heterocycles. The third kappa shape index (κ3) is 2.04. The summed E-state index contributed by atoms with van der Waals surface area (Å²) in [4.78, 5) is 2.33. The highest BCUT2D eigenvalue weighted by molar-refractivity contribution is 5.81. The molecule has 0 aromatic heterocycles. The Morgan fingerprint density at radius 3 is 2.00 bits per heavy atom. The third-order valence-corrected chi connectivity index (χ3v) is 4.06. The zero-order valence-electron chi connectivity index (χ0n) is 12.0. The molecule has 2 aromatic carbocycles. The van der Waals surface area contributed by atoms with Crippen LogP contribution in [0.2, 0.25) is 0 Å². The van der Waals surface area contributed by atoms with Gasteiger partial charge in [-0.15, -0.1) is 0 Å². The normalized spacial score (nSPS) is 16.3. The molecule has 0 bridgehead atoms. The Labute approximate surface area is 125 Å². The van der Waals surface area contributed by atoms with Crippen molar-refractivity contribution in [2.45, 2.75) is 19.8 Å². The number of anilines is 2. The lowest BCUT2D eigenvalue weighted by Gasteiger charge is -2.35. The summed E-state index contributed by atoms with van der Waals surface area (Å²) < 4.78 is 6.04. The molecule has 104 valence electrons. The van der Waals surface area contributed by atoms with Crippen LogP contribution in [0.4, 0.5) is 11.4 Å². The molecule has 0 N–H and O–H groups in total. The molecular weight excluding hydrogens is 258 g/mol. The van der Waals surface area contributed by atoms with E-state index >= 15 is 0 Å². The lowest BCUT2D eigenvalue weighted by molar-refractivity contribution is 0.475. The van der Waals surface area contributed by atoms with Gasteiger partial charge in [-0.05, 0) is 50.1 Å². The minimum atomic E-state index is 0.920. The lowest BCUT2D eigenvalue weighted by Crippen LogP contribution is -2.21. The van der Waals surface area contributed by atoms with Crippen LogP contribution in [0.25, 0.3) is 0 Å². The van der Waals surface area contributed by atoms with Crippen molar-refractivity contribution in [2.24, 2.45) is 0 Å². The van der Waals surface area contributed by atoms with Crippen molar-refractivity contribution in [2.75, 3.05) is 4.90 Å². The van der Waals surface area contributed by atoms with Gasteiger partial charge in [-0.1, -0.05) is 35.9 Å². The molecule has 0 atom stereocenters. The van der Waals surface area contributed by atoms with Crippen molar-refractivity contribution in [3.63, 3.8) is 0 Å². The van der Waals surface area contributed by atoms with Crippen LogP contribution >= 0.6 is 0 Å². The zero-order valence-corrected chi connectivity index (χ0v) is 12.0. The summed E-state index contributed by atoms with van der Waals surface area (Å²) in [5.74, 6) is 1.84. The first-order valence-electron chi connectivity index (χ1n) is 7.35. The van der Waals surface area contributed by atoms with Gasteiger partial charge in [-0.25, -0.2) is 0 Å². The Bertz CT molecular complexity index is 712. The van der Waals surface area contributed by atoms with E-state index < -0.39 is 0 Å². The molecule has 2 aliphatic rings. The second-order valence-corrected chi connectivity index (χ2v) is 5.54. The summed E-state index contributed by atoms with van der Waals surface area (Å²) in [5.41, 5.74) is 5.00. The van der Waals surface area contributed by atoms with Gasteiger partial charge >= 0.3 is 0 Å². The first-order valence-corrected chi connectivity index (χ1v) is 7.35. The van der Waals surface area contributed by atoms with Crippen LogP contribution in [0.3, 0.4) is 0 Å². The summed E-state index contributed by atoms with van der Waals surface area (Å²) in [6.07, 6.45) is 6.63. The Balaban J connectivity index is 1.90. The minimum Gasteiger partial charge on any atom is -0.453 e. The predicted molar refractivity (Wildman–Crippen MR) is 86.2 cm³/mol. The van der Waals surface area contributed by atoms with Crippen molar-refractivity contribution in [3.8, 4) is 11.5 Å². The third-order valence-electron chi connectivity index (χ3n) is 4.06. The zero-order chi connectivity index (χ0) is 14.2. The van der Waals surface area contributed by atoms with Crippen LogP contribution in [-0.2, 0) is 0 Å². The summed E-state index contributed by atoms with van der Waals surface area (Å²) >= 11 is 0. The number of nitrogens with zero attached hydrogens (tertiary/aromatic N) is 1. The van der Waals surface area contributed by atoms with E-state index in [0.29, 0.717) is 0 Å². The largest absolute Gasteiger partial charge is 0.453 e. The van der Waals surface area contributed by atoms with Crippen LogP contribution in [0.1, 0.15) is 19.8 Å². The van der Waals surface area contributed by atoms with Gasteiger partial charge in [0.2, 0.25) is 0 Å². The van der Waals surface area contributed by atoms with Crippen LogP contribution in [0.15, 0.2) is 72.0 Å². The van der Waals surface area contributed by atoms with E-state index in [4.69, 9.17) is 4.74 Å². The molecule has 1 aliphatic heterocycles. The maximum atomic E-state index is 6.04. The maximum Gasteiger partial charge on any atom is 0.151 e. The SMILES string of the molecule is CC1=CC=C(N2c3ccccc3Oc3ccccc32)CC1. The van der Waals surface area contributed by atoms with E-state index in [-0.39, 0.29) is 0 Å². The van der Waals surface area contributed by atoms with Gasteiger partial charge in [-0.2, -0.15) is 0 Å². The maximum absolute atomic E-state index is 6.04. The molecule has 2 aromatic rings. The number of allylic oxidation sites excluding steroid dienone is 4. The molecule has 1 aliphatic carbocycles. The number of ether oxygens (including phenoxy) is 1. The van der Waals surface area contributed by atoms with Gasteiger partial charge in [0.25, 0.3) is 0 Å². The molecule has 0 unspecified atom stereocenters. The van der Waals surface area contributed by atoms with Gasteiger partial charge in [0.1, 0.15) is 0 Å². The molecule has 4 rings (SSSR count). The summed E-state index contributed by atoms with van der Waals surface area (Å²) in [5, 5.41) is 0. The molecular formula is C19H17NO. The second kappa shape index (κ2) is 4.81. The fourth-order valence-electron chi connectivity index (χ4n) is 2.93. The molecule has 1 heterocycles. The van der Waals surface area contributed by atoms with E-state index in [1.54, 1.807) is 0 Å². The number of para-hydroxylation sites is 4. The van der Waals surface area contributed by atoms with Gasteiger partial charge < -0.3 is 9.64 Å². The van der Waals surface area contributed by atoms with Crippen molar-refractivity contribution in [1.29, 1.82) is 0 Å². The van der Waals surface area contributed by atoms with Gasteiger partial charge in [0.15, 0.2) is 11.5 Å². The average Bonchev–Trinajstić information content (AvgIpc) is 2.53. The van der Waals surface area contributed by atoms with Crippen molar-refractivity contribution < 1.29 is 4.74 Å². The standard InChI is InChI=1S/C19H17NO/c1-14-10-12-15(13-11-14)20-16-6-2-4-8-18(16)21-19-9-5-3-7-17(19)20/h2-10,12H,11,13H2,1H3. The molecule has 0 radical (unpaired) electrons. The lowest BCUT2D eigenvalue weighted by atomic mass is 10.0. The van der Waals surface area contributed by atoms with Crippen LogP contribution in [0.5, 0.6) is 11.5 Å². The topological polar surface area (TPSA) is 12.5 Å². The van der Waals surface area contributed by atoms with Crippen LogP contribution in [-0.4, -0.2) is 0 Å². The van der Waals surface area contributed by atoms with Gasteiger partial charge in [0.05, 0.1) is 11.4 Å². The Morgan fingerprint density at radius 1 is 0.810 bits per heavy atom. The van der Waals surface area contributed by atoms with Crippen molar-refractivity contribution >= 4 is 11.4 Å². The number of fused-ring (bicyclic) bond motifs is 2. The van der Waals surface area contributed by atoms with Crippen LogP contribution < -0.4 is 9.64 Å². The number of rotatable bonds is 1. The summed E-state index contributed by atoms with van der Waals surface area (Å²) in [7, 11) is 0. The molecule has 21 heavy (non-hydrogen) atoms. The Kier molecular flexibility index (Phi) is 2.81. The fraction of sp³-hybridized carbons (Fsp3) is 0.158. The Hall–Kier alpha value is -2.48. The molecule has 0 spiro atoms. The van der Waals surface area contributed by atoms with E-state index in [1.807, 2.05) is 24.3 Å². The number of benzene rings is 2. The molecule has 2 heteroatoms. The summed E-state index contributed by atoms with van der Waals surface area (Å²) in [6, 6.07) is 16.5. The average molecular weight is 275 g/mol. The fourth-order valence-corrected chi connectivity index (χ4v) is 2.93. The first kappa shape index (κ1) is 12.3. The van der Waals surface area contributed by atoms with Crippen molar-refractivity contribution in [1.82, 2.24) is 0 Å². The monoisotopic (exact) mass is 275 g/mol. The van der Waals surface area contributed by atoms with E-state index in [1.165, 1.54) is 11.3 Å². The highest BCUT2D eigenvalue weighted by Gasteiger charge is 2.26. The molecule has 0 fully saturated rings. The molecule has 0 saturated carbocycles. The highest BCUT2D eigenvalue weighted by atomic mass is 16.5.